The minimum Gasteiger partial charge on any atom is -0.377 e. The Labute approximate surface area is 89.9 Å². The van der Waals surface area contributed by atoms with Crippen molar-refractivity contribution in [3.8, 4) is 0 Å². The summed E-state index contributed by atoms with van der Waals surface area (Å²) in [5, 5.41) is 10.4. The van der Waals surface area contributed by atoms with Gasteiger partial charge in [-0.05, 0) is 11.1 Å². The Bertz CT molecular complexity index is 325. The van der Waals surface area contributed by atoms with Gasteiger partial charge in [-0.15, -0.1) is 0 Å². The summed E-state index contributed by atoms with van der Waals surface area (Å²) >= 11 is 0. The monoisotopic (exact) mass is 207 g/mol. The summed E-state index contributed by atoms with van der Waals surface area (Å²) < 4.78 is 4.83. The van der Waals surface area contributed by atoms with E-state index in [4.69, 9.17) is 15.9 Å². The molecule has 82 valence electrons. The number of amidine groups is 1. The molecule has 0 aromatic heterocycles. The van der Waals surface area contributed by atoms with Crippen molar-refractivity contribution in [1.82, 2.24) is 5.32 Å². The van der Waals surface area contributed by atoms with Crippen molar-refractivity contribution in [2.45, 2.75) is 13.1 Å². The third kappa shape index (κ3) is 4.10. The van der Waals surface area contributed by atoms with E-state index < -0.39 is 0 Å². The molecule has 0 unspecified atom stereocenters. The van der Waals surface area contributed by atoms with Gasteiger partial charge in [0.1, 0.15) is 12.4 Å². The molecule has 0 saturated heterocycles. The van der Waals surface area contributed by atoms with Gasteiger partial charge in [-0.25, -0.2) is 0 Å². The van der Waals surface area contributed by atoms with Crippen LogP contribution in [0.1, 0.15) is 11.1 Å². The van der Waals surface area contributed by atoms with Gasteiger partial charge < -0.3 is 15.8 Å². The number of hydrogen-bond donors (Lipinski definition) is 3. The fraction of sp³-hybridized carbons (Fsp3) is 0.364. The molecule has 4 heteroatoms. The molecule has 4 nitrogen and oxygen atoms in total. The number of benzene rings is 1. The number of nitrogens with one attached hydrogen (secondary N) is 2. The van der Waals surface area contributed by atoms with E-state index in [1.807, 2.05) is 24.3 Å². The molecule has 0 aliphatic carbocycles. The average molecular weight is 207 g/mol. The Morgan fingerprint density at radius 3 is 2.87 bits per heavy atom. The predicted octanol–water partition coefficient (Wildman–Crippen LogP) is 0.859. The third-order valence-corrected chi connectivity index (χ3v) is 2.02. The third-order valence-electron chi connectivity index (χ3n) is 2.02. The molecular formula is C11H17N3O. The van der Waals surface area contributed by atoms with Crippen molar-refractivity contribution in [2.75, 3.05) is 13.7 Å². The summed E-state index contributed by atoms with van der Waals surface area (Å²) in [5.74, 6) is 0.385. The van der Waals surface area contributed by atoms with Crippen molar-refractivity contribution in [3.63, 3.8) is 0 Å². The lowest BCUT2D eigenvalue weighted by molar-refractivity contribution is 0.241. The highest BCUT2D eigenvalue weighted by atomic mass is 16.5. The molecule has 0 heterocycles. The molecule has 0 bridgehead atoms. The summed E-state index contributed by atoms with van der Waals surface area (Å²) in [6, 6.07) is 8.00. The van der Waals surface area contributed by atoms with Crippen LogP contribution in [0.25, 0.3) is 0 Å². The normalized spacial score (nSPS) is 10.0. The van der Waals surface area contributed by atoms with Crippen molar-refractivity contribution >= 4 is 5.84 Å². The largest absolute Gasteiger partial charge is 0.377 e. The van der Waals surface area contributed by atoms with Crippen molar-refractivity contribution in [1.29, 1.82) is 5.41 Å². The summed E-state index contributed by atoms with van der Waals surface area (Å²) in [4.78, 5) is 0. The summed E-state index contributed by atoms with van der Waals surface area (Å²) in [6.07, 6.45) is 0. The lowest BCUT2D eigenvalue weighted by Crippen LogP contribution is -2.25. The van der Waals surface area contributed by atoms with Crippen LogP contribution in [0.2, 0.25) is 0 Å². The molecule has 0 aliphatic heterocycles. The molecule has 0 atom stereocenters. The molecule has 4 N–H and O–H groups in total. The van der Waals surface area contributed by atoms with E-state index in [0.29, 0.717) is 25.5 Å². The topological polar surface area (TPSA) is 71.1 Å². The van der Waals surface area contributed by atoms with Crippen LogP contribution in [-0.4, -0.2) is 19.6 Å². The fourth-order valence-corrected chi connectivity index (χ4v) is 1.27. The maximum atomic E-state index is 7.48. The standard InChI is InChI=1S/C11H17N3O/c1-15-8-11(13)14-7-10-4-2-3-9(5-10)6-12/h2-5H,6-8,12H2,1H3,(H2,13,14). The zero-order valence-corrected chi connectivity index (χ0v) is 8.92. The van der Waals surface area contributed by atoms with Gasteiger partial charge in [0.15, 0.2) is 0 Å². The number of ether oxygens (including phenoxy) is 1. The Kier molecular flexibility index (Phi) is 4.80. The van der Waals surface area contributed by atoms with Gasteiger partial charge in [-0.3, -0.25) is 5.41 Å². The van der Waals surface area contributed by atoms with E-state index in [1.54, 1.807) is 7.11 Å². The van der Waals surface area contributed by atoms with Crippen LogP contribution in [0.4, 0.5) is 0 Å². The first-order chi connectivity index (χ1) is 7.26. The van der Waals surface area contributed by atoms with Gasteiger partial charge in [-0.1, -0.05) is 24.3 Å². The molecule has 0 spiro atoms. The first kappa shape index (κ1) is 11.7. The van der Waals surface area contributed by atoms with Crippen molar-refractivity contribution in [3.05, 3.63) is 35.4 Å². The minimum atomic E-state index is 0.316. The Morgan fingerprint density at radius 1 is 1.47 bits per heavy atom. The molecule has 0 aliphatic rings. The molecule has 0 fully saturated rings. The maximum Gasteiger partial charge on any atom is 0.120 e. The number of methoxy groups -OCH3 is 1. The highest BCUT2D eigenvalue weighted by Gasteiger charge is 1.97. The lowest BCUT2D eigenvalue weighted by atomic mass is 10.1. The van der Waals surface area contributed by atoms with Gasteiger partial charge in [0.05, 0.1) is 0 Å². The van der Waals surface area contributed by atoms with E-state index >= 15 is 0 Å². The zero-order valence-electron chi connectivity index (χ0n) is 8.92. The van der Waals surface area contributed by atoms with Gasteiger partial charge in [0, 0.05) is 20.2 Å². The fourth-order valence-electron chi connectivity index (χ4n) is 1.27. The molecule has 0 saturated carbocycles. The van der Waals surface area contributed by atoms with Crippen molar-refractivity contribution in [2.24, 2.45) is 5.73 Å². The van der Waals surface area contributed by atoms with Gasteiger partial charge in [0.2, 0.25) is 0 Å². The molecule has 1 aromatic carbocycles. The number of rotatable bonds is 5. The van der Waals surface area contributed by atoms with Gasteiger partial charge in [0.25, 0.3) is 0 Å². The second kappa shape index (κ2) is 6.16. The van der Waals surface area contributed by atoms with Crippen LogP contribution in [0.15, 0.2) is 24.3 Å². The second-order valence-corrected chi connectivity index (χ2v) is 3.29. The Hall–Kier alpha value is -1.39. The summed E-state index contributed by atoms with van der Waals surface area (Å²) in [5.41, 5.74) is 7.77. The highest BCUT2D eigenvalue weighted by Crippen LogP contribution is 2.03. The Morgan fingerprint density at radius 2 is 2.20 bits per heavy atom. The first-order valence-electron chi connectivity index (χ1n) is 4.84. The van der Waals surface area contributed by atoms with E-state index in [9.17, 15) is 0 Å². The lowest BCUT2D eigenvalue weighted by Gasteiger charge is -2.07. The molecule has 0 amide bonds. The Balaban J connectivity index is 2.46. The molecule has 1 aromatic rings. The quantitative estimate of drug-likeness (QED) is 0.495. The number of nitrogens with two attached hydrogens (primary N) is 1. The van der Waals surface area contributed by atoms with Gasteiger partial charge in [-0.2, -0.15) is 0 Å². The van der Waals surface area contributed by atoms with Crippen LogP contribution >= 0.6 is 0 Å². The molecule has 0 radical (unpaired) electrons. The van der Waals surface area contributed by atoms with Crippen LogP contribution in [-0.2, 0) is 17.8 Å². The van der Waals surface area contributed by atoms with Crippen LogP contribution in [0, 0.1) is 5.41 Å². The maximum absolute atomic E-state index is 7.48. The smallest absolute Gasteiger partial charge is 0.120 e. The van der Waals surface area contributed by atoms with Gasteiger partial charge >= 0.3 is 0 Å². The van der Waals surface area contributed by atoms with Crippen LogP contribution in [0.3, 0.4) is 0 Å². The number of hydrogen-bond acceptors (Lipinski definition) is 3. The van der Waals surface area contributed by atoms with E-state index in [-0.39, 0.29) is 0 Å². The van der Waals surface area contributed by atoms with E-state index in [1.165, 1.54) is 0 Å². The van der Waals surface area contributed by atoms with E-state index in [0.717, 1.165) is 11.1 Å². The zero-order chi connectivity index (χ0) is 11.1. The van der Waals surface area contributed by atoms with Crippen LogP contribution in [0.5, 0.6) is 0 Å². The summed E-state index contributed by atoms with van der Waals surface area (Å²) in [7, 11) is 1.57. The molecular weight excluding hydrogens is 190 g/mol. The molecule has 1 rings (SSSR count). The van der Waals surface area contributed by atoms with Crippen molar-refractivity contribution < 1.29 is 4.74 Å². The molecule has 15 heavy (non-hydrogen) atoms. The predicted molar refractivity (Wildman–Crippen MR) is 60.8 cm³/mol. The average Bonchev–Trinajstić information content (AvgIpc) is 2.27. The SMILES string of the molecule is COCC(=N)NCc1cccc(CN)c1. The minimum absolute atomic E-state index is 0.316. The summed E-state index contributed by atoms with van der Waals surface area (Å²) in [6.45, 7) is 1.50. The highest BCUT2D eigenvalue weighted by molar-refractivity contribution is 5.80. The van der Waals surface area contributed by atoms with Crippen LogP contribution < -0.4 is 11.1 Å². The van der Waals surface area contributed by atoms with E-state index in [2.05, 4.69) is 5.32 Å². The first-order valence-corrected chi connectivity index (χ1v) is 4.84. The second-order valence-electron chi connectivity index (χ2n) is 3.29.